The second-order valence-corrected chi connectivity index (χ2v) is 22.7. The number of methoxy groups -OCH3 is 1. The van der Waals surface area contributed by atoms with Crippen molar-refractivity contribution in [1.29, 1.82) is 0 Å². The monoisotopic (exact) mass is 918 g/mol. The lowest BCUT2D eigenvalue weighted by Gasteiger charge is -2.04. The van der Waals surface area contributed by atoms with Crippen LogP contribution in [0.3, 0.4) is 0 Å². The number of aldehydes is 1. The van der Waals surface area contributed by atoms with Crippen LogP contribution < -0.4 is 4.74 Å². The zero-order valence-corrected chi connectivity index (χ0v) is 42.8. The molecule has 2 nitrogen and oxygen atoms in total. The van der Waals surface area contributed by atoms with Crippen molar-refractivity contribution in [2.45, 2.75) is 207 Å². The van der Waals surface area contributed by atoms with Gasteiger partial charge in [0.25, 0.3) is 0 Å². The Bertz CT molecular complexity index is 1950. The summed E-state index contributed by atoms with van der Waals surface area (Å²) in [6.45, 7) is 9.20. The number of aryl methyl sites for hydroxylation is 4. The summed E-state index contributed by atoms with van der Waals surface area (Å²) in [5.41, 5.74) is 5.87. The Labute approximate surface area is 392 Å². The lowest BCUT2D eigenvalue weighted by Crippen LogP contribution is -1.87. The van der Waals surface area contributed by atoms with Gasteiger partial charge in [-0.2, -0.15) is 0 Å². The fourth-order valence-corrected chi connectivity index (χ4v) is 14.7. The van der Waals surface area contributed by atoms with Gasteiger partial charge in [-0.1, -0.05) is 167 Å². The van der Waals surface area contributed by atoms with Gasteiger partial charge in [-0.3, -0.25) is 4.79 Å². The zero-order chi connectivity index (χ0) is 43.1. The van der Waals surface area contributed by atoms with Crippen LogP contribution in [0.1, 0.15) is 214 Å². The van der Waals surface area contributed by atoms with Crippen molar-refractivity contribution in [3.8, 4) is 44.1 Å². The predicted molar refractivity (Wildman–Crippen MR) is 278 cm³/mol. The molecule has 336 valence electrons. The first-order valence-corrected chi connectivity index (χ1v) is 28.7. The summed E-state index contributed by atoms with van der Waals surface area (Å²) in [5.74, 6) is 0. The van der Waals surface area contributed by atoms with Gasteiger partial charge in [0.1, 0.15) is 0 Å². The first-order chi connectivity index (χ1) is 30.0. The molecular weight excluding hydrogens is 841 g/mol. The second kappa shape index (κ2) is 28.7. The third-order valence-corrected chi connectivity index (χ3v) is 18.7. The molecule has 0 saturated carbocycles. The smallest absolute Gasteiger partial charge is 0.174 e. The lowest BCUT2D eigenvalue weighted by atomic mass is 10.0. The molecule has 0 bridgehead atoms. The van der Waals surface area contributed by atoms with Crippen molar-refractivity contribution >= 4 is 63.0 Å². The first-order valence-electron chi connectivity index (χ1n) is 24.6. The van der Waals surface area contributed by atoms with Crippen molar-refractivity contribution in [2.24, 2.45) is 0 Å². The van der Waals surface area contributed by atoms with E-state index in [0.717, 1.165) is 41.9 Å². The van der Waals surface area contributed by atoms with Crippen molar-refractivity contribution in [2.75, 3.05) is 7.11 Å². The summed E-state index contributed by atoms with van der Waals surface area (Å²) in [6, 6.07) is 14.4. The molecule has 0 radical (unpaired) electrons. The number of carbonyl (C=O) groups excluding carboxylic acids is 1. The maximum atomic E-state index is 12.1. The largest absolute Gasteiger partial charge is 0.487 e. The number of thiophene rings is 5. The molecule has 5 aromatic heterocycles. The third-order valence-electron chi connectivity index (χ3n) is 12.2. The standard InChI is InChI=1S/C54H78O2S5/c1-6-10-14-18-22-26-30-41-36-45(40-55)57-53(41)48-37-42(31-27-23-19-15-11-7-2)51(59-48)46-34-35-47(58-46)52-43(32-28-24-20-16-12-8-3)38-49(60-52)54-44(39-50(56-5)61-54)33-29-25-21-17-13-9-4/h34-40H,6-33H2,1-5H3. The molecule has 0 spiro atoms. The summed E-state index contributed by atoms with van der Waals surface area (Å²) in [7, 11) is 1.83. The number of carbonyl (C=O) groups is 1. The van der Waals surface area contributed by atoms with Gasteiger partial charge < -0.3 is 4.74 Å². The van der Waals surface area contributed by atoms with E-state index in [0.29, 0.717) is 0 Å². The van der Waals surface area contributed by atoms with Gasteiger partial charge in [-0.05, 0) is 110 Å². The van der Waals surface area contributed by atoms with E-state index in [1.807, 2.05) is 52.5 Å². The Morgan fingerprint density at radius 3 is 1.13 bits per heavy atom. The first kappa shape index (κ1) is 50.0. The zero-order valence-electron chi connectivity index (χ0n) is 38.7. The van der Waals surface area contributed by atoms with Gasteiger partial charge in [-0.25, -0.2) is 0 Å². The van der Waals surface area contributed by atoms with Crippen molar-refractivity contribution in [3.63, 3.8) is 0 Å². The van der Waals surface area contributed by atoms with E-state index in [1.54, 1.807) is 11.3 Å². The molecule has 5 heterocycles. The Balaban J connectivity index is 1.45. The summed E-state index contributed by atoms with van der Waals surface area (Å²) >= 11 is 9.56. The Hall–Kier alpha value is -2.03. The minimum absolute atomic E-state index is 0.867. The Kier molecular flexibility index (Phi) is 23.5. The van der Waals surface area contributed by atoms with Crippen LogP contribution in [0.5, 0.6) is 5.06 Å². The van der Waals surface area contributed by atoms with E-state index in [4.69, 9.17) is 4.74 Å². The highest BCUT2D eigenvalue weighted by atomic mass is 32.1. The van der Waals surface area contributed by atoms with Gasteiger partial charge in [0.05, 0.1) is 16.9 Å². The fraction of sp³-hybridized carbons (Fsp3) is 0.611. The Morgan fingerprint density at radius 2 is 0.738 bits per heavy atom. The van der Waals surface area contributed by atoms with Gasteiger partial charge in [0.15, 0.2) is 11.3 Å². The molecule has 0 saturated heterocycles. The minimum Gasteiger partial charge on any atom is -0.487 e. The van der Waals surface area contributed by atoms with Crippen LogP contribution in [-0.4, -0.2) is 13.4 Å². The molecule has 5 rings (SSSR count). The van der Waals surface area contributed by atoms with Gasteiger partial charge in [0, 0.05) is 34.1 Å². The van der Waals surface area contributed by atoms with Gasteiger partial charge in [-0.15, -0.1) is 45.3 Å². The van der Waals surface area contributed by atoms with Crippen molar-refractivity contribution in [1.82, 2.24) is 0 Å². The van der Waals surface area contributed by atoms with E-state index in [9.17, 15) is 4.79 Å². The SMILES string of the molecule is CCCCCCCCc1cc(C=O)sc1-c1cc(CCCCCCCC)c(-c2ccc(-c3sc(-c4sc(OC)cc4CCCCCCCC)cc3CCCCCCCC)s2)s1. The second-order valence-electron chi connectivity index (χ2n) is 17.4. The van der Waals surface area contributed by atoms with Crippen LogP contribution in [-0.2, 0) is 25.7 Å². The van der Waals surface area contributed by atoms with Crippen LogP contribution >= 0.6 is 56.7 Å². The van der Waals surface area contributed by atoms with Gasteiger partial charge >= 0.3 is 0 Å². The highest BCUT2D eigenvalue weighted by Gasteiger charge is 2.22. The quantitative estimate of drug-likeness (QED) is 0.0304. The molecule has 61 heavy (non-hydrogen) atoms. The number of hydrogen-bond acceptors (Lipinski definition) is 7. The van der Waals surface area contributed by atoms with Gasteiger partial charge in [0.2, 0.25) is 0 Å². The van der Waals surface area contributed by atoms with Crippen LogP contribution in [0.2, 0.25) is 0 Å². The van der Waals surface area contributed by atoms with E-state index < -0.39 is 0 Å². The molecular formula is C54H78O2S5. The summed E-state index contributed by atoms with van der Waals surface area (Å²) < 4.78 is 5.86. The molecule has 0 aliphatic carbocycles. The minimum atomic E-state index is 0.867. The number of hydrogen-bond donors (Lipinski definition) is 0. The van der Waals surface area contributed by atoms with Crippen molar-refractivity contribution < 1.29 is 9.53 Å². The van der Waals surface area contributed by atoms with Crippen LogP contribution in [0, 0.1) is 0 Å². The average Bonchev–Trinajstić information content (AvgIpc) is 4.13. The molecule has 0 aromatic carbocycles. The summed E-state index contributed by atoms with van der Waals surface area (Å²) in [4.78, 5) is 24.3. The number of rotatable bonds is 34. The molecule has 0 aliphatic rings. The normalized spacial score (nSPS) is 11.6. The lowest BCUT2D eigenvalue weighted by molar-refractivity contribution is 0.112. The molecule has 0 N–H and O–H groups in total. The summed E-state index contributed by atoms with van der Waals surface area (Å²) in [5, 5.41) is 1.04. The summed E-state index contributed by atoms with van der Waals surface area (Å²) in [6.07, 6.45) is 36.9. The van der Waals surface area contributed by atoms with Crippen LogP contribution in [0.15, 0.2) is 36.4 Å². The number of ether oxygens (including phenoxy) is 1. The van der Waals surface area contributed by atoms with E-state index in [-0.39, 0.29) is 0 Å². The molecule has 0 unspecified atom stereocenters. The molecule has 5 aromatic rings. The molecule has 0 amide bonds. The predicted octanol–water partition coefficient (Wildman–Crippen LogP) is 20.1. The molecule has 0 fully saturated rings. The Morgan fingerprint density at radius 1 is 0.393 bits per heavy atom. The van der Waals surface area contributed by atoms with E-state index >= 15 is 0 Å². The maximum Gasteiger partial charge on any atom is 0.174 e. The van der Waals surface area contributed by atoms with Crippen LogP contribution in [0.4, 0.5) is 0 Å². The highest BCUT2D eigenvalue weighted by molar-refractivity contribution is 7.30. The number of unbranched alkanes of at least 4 members (excludes halogenated alkanes) is 20. The molecule has 7 heteroatoms. The molecule has 0 aliphatic heterocycles. The van der Waals surface area contributed by atoms with E-state index in [1.165, 1.54) is 215 Å². The van der Waals surface area contributed by atoms with Crippen LogP contribution in [0.25, 0.3) is 39.0 Å². The average molecular weight is 920 g/mol. The maximum absolute atomic E-state index is 12.1. The van der Waals surface area contributed by atoms with Crippen molar-refractivity contribution in [3.05, 3.63) is 63.5 Å². The third kappa shape index (κ3) is 15.9. The topological polar surface area (TPSA) is 26.3 Å². The fourth-order valence-electron chi connectivity index (χ4n) is 8.64. The molecule has 0 atom stereocenters. The van der Waals surface area contributed by atoms with E-state index in [2.05, 4.69) is 64.1 Å². The highest BCUT2D eigenvalue weighted by Crippen LogP contribution is 2.50.